The largest absolute Gasteiger partial charge is 0.356 e. The van der Waals surface area contributed by atoms with Gasteiger partial charge in [0.2, 0.25) is 0 Å². The summed E-state index contributed by atoms with van der Waals surface area (Å²) in [6.07, 6.45) is 0. The zero-order chi connectivity index (χ0) is 25.8. The van der Waals surface area contributed by atoms with E-state index in [1.54, 1.807) is 0 Å². The molecule has 0 fully saturated rings. The van der Waals surface area contributed by atoms with Gasteiger partial charge in [-0.3, -0.25) is 0 Å². The van der Waals surface area contributed by atoms with Gasteiger partial charge >= 0.3 is 0 Å². The van der Waals surface area contributed by atoms with Crippen LogP contribution in [-0.2, 0) is 0 Å². The predicted molar refractivity (Wildman–Crippen MR) is 165 cm³/mol. The molecule has 39 heavy (non-hydrogen) atoms. The molecule has 6 aromatic carbocycles. The van der Waals surface area contributed by atoms with Crippen molar-refractivity contribution < 1.29 is 0 Å². The molecule has 0 aliphatic heterocycles. The highest BCUT2D eigenvalue weighted by Crippen LogP contribution is 2.34. The number of fused-ring (bicyclic) bond motifs is 6. The quantitative estimate of drug-likeness (QED) is 0.256. The van der Waals surface area contributed by atoms with Crippen LogP contribution in [-0.4, -0.2) is 9.13 Å². The van der Waals surface area contributed by atoms with Gasteiger partial charge in [0, 0.05) is 44.3 Å². The van der Waals surface area contributed by atoms with Crippen LogP contribution in [0.1, 0.15) is 0 Å². The second-order valence-corrected chi connectivity index (χ2v) is 9.96. The van der Waals surface area contributed by atoms with Gasteiger partial charge in [-0.25, -0.2) is 0 Å². The number of nitrogens with one attached hydrogen (secondary N) is 1. The molecule has 0 bridgehead atoms. The maximum Gasteiger partial charge on any atom is 0.0541 e. The number of nitrogens with zero attached hydrogens (tertiary/aromatic N) is 2. The molecular formula is C36H25N3. The molecule has 8 aromatic rings. The van der Waals surface area contributed by atoms with Crippen molar-refractivity contribution in [3.63, 3.8) is 0 Å². The molecule has 0 amide bonds. The van der Waals surface area contributed by atoms with Crippen LogP contribution in [0.25, 0.3) is 55.0 Å². The highest BCUT2D eigenvalue weighted by Gasteiger charge is 2.12. The van der Waals surface area contributed by atoms with E-state index in [-0.39, 0.29) is 0 Å². The minimum Gasteiger partial charge on any atom is -0.356 e. The lowest BCUT2D eigenvalue weighted by Crippen LogP contribution is -1.96. The van der Waals surface area contributed by atoms with Crippen molar-refractivity contribution in [1.82, 2.24) is 9.13 Å². The summed E-state index contributed by atoms with van der Waals surface area (Å²) in [6.45, 7) is 0. The summed E-state index contributed by atoms with van der Waals surface area (Å²) >= 11 is 0. The van der Waals surface area contributed by atoms with Crippen LogP contribution in [0.3, 0.4) is 0 Å². The molecule has 0 atom stereocenters. The molecule has 0 aliphatic rings. The average Bonchev–Trinajstić information content (AvgIpc) is 3.51. The Morgan fingerprint density at radius 2 is 0.590 bits per heavy atom. The molecule has 1 N–H and O–H groups in total. The lowest BCUT2D eigenvalue weighted by Gasteiger charge is -2.12. The Morgan fingerprint density at radius 1 is 0.308 bits per heavy atom. The van der Waals surface area contributed by atoms with Gasteiger partial charge in [-0.2, -0.15) is 0 Å². The number of para-hydroxylation sites is 4. The molecule has 0 unspecified atom stereocenters. The molecular weight excluding hydrogens is 474 g/mol. The Bertz CT molecular complexity index is 1870. The Hall–Kier alpha value is -5.28. The van der Waals surface area contributed by atoms with Crippen molar-refractivity contribution >= 4 is 55.0 Å². The van der Waals surface area contributed by atoms with Gasteiger partial charge in [0.05, 0.1) is 22.1 Å². The van der Waals surface area contributed by atoms with E-state index in [0.717, 1.165) is 22.7 Å². The van der Waals surface area contributed by atoms with Crippen LogP contribution in [0.2, 0.25) is 0 Å². The topological polar surface area (TPSA) is 21.9 Å². The number of anilines is 2. The summed E-state index contributed by atoms with van der Waals surface area (Å²) in [5.41, 5.74) is 9.31. The van der Waals surface area contributed by atoms with Crippen molar-refractivity contribution in [3.05, 3.63) is 146 Å². The predicted octanol–water partition coefficient (Wildman–Crippen LogP) is 9.62. The van der Waals surface area contributed by atoms with Crippen molar-refractivity contribution in [2.75, 3.05) is 5.32 Å². The summed E-state index contributed by atoms with van der Waals surface area (Å²) in [5, 5.41) is 8.69. The number of hydrogen-bond donors (Lipinski definition) is 1. The van der Waals surface area contributed by atoms with Crippen molar-refractivity contribution in [2.24, 2.45) is 0 Å². The van der Waals surface area contributed by atoms with E-state index in [9.17, 15) is 0 Å². The SMILES string of the molecule is c1ccc2c(c1)c1ccccc1n2-c1ccc(Nc2ccc(-n3c4ccccc4c4ccccc43)cc2)cc1. The molecule has 0 saturated carbocycles. The molecule has 3 nitrogen and oxygen atoms in total. The molecule has 0 aliphatic carbocycles. The fourth-order valence-electron chi connectivity index (χ4n) is 5.96. The second-order valence-electron chi connectivity index (χ2n) is 9.96. The summed E-state index contributed by atoms with van der Waals surface area (Å²) < 4.78 is 4.68. The van der Waals surface area contributed by atoms with E-state index in [2.05, 4.69) is 160 Å². The standard InChI is InChI=1S/C36H25N3/c1-5-13-33-29(9-1)30-10-2-6-14-34(30)38(33)27-21-17-25(18-22-27)37-26-19-23-28(24-20-26)39-35-15-7-3-11-31(35)32-12-4-8-16-36(32)39/h1-24,37H. The van der Waals surface area contributed by atoms with Crippen molar-refractivity contribution in [3.8, 4) is 11.4 Å². The van der Waals surface area contributed by atoms with Crippen LogP contribution in [0.5, 0.6) is 0 Å². The van der Waals surface area contributed by atoms with Crippen LogP contribution >= 0.6 is 0 Å². The smallest absolute Gasteiger partial charge is 0.0541 e. The lowest BCUT2D eigenvalue weighted by atomic mass is 10.2. The molecule has 0 radical (unpaired) electrons. The molecule has 0 spiro atoms. The molecule has 3 heteroatoms. The Labute approximate surface area is 226 Å². The zero-order valence-corrected chi connectivity index (χ0v) is 21.3. The monoisotopic (exact) mass is 499 g/mol. The molecule has 2 heterocycles. The highest BCUT2D eigenvalue weighted by atomic mass is 15.0. The Balaban J connectivity index is 1.12. The van der Waals surface area contributed by atoms with E-state index >= 15 is 0 Å². The minimum atomic E-state index is 1.06. The van der Waals surface area contributed by atoms with E-state index < -0.39 is 0 Å². The third kappa shape index (κ3) is 3.44. The fraction of sp³-hybridized carbons (Fsp3) is 0. The summed E-state index contributed by atoms with van der Waals surface area (Å²) in [5.74, 6) is 0. The number of benzene rings is 6. The van der Waals surface area contributed by atoms with Gasteiger partial charge in [-0.05, 0) is 72.8 Å². The van der Waals surface area contributed by atoms with Gasteiger partial charge < -0.3 is 14.5 Å². The van der Waals surface area contributed by atoms with Crippen molar-refractivity contribution in [2.45, 2.75) is 0 Å². The molecule has 0 saturated heterocycles. The van der Waals surface area contributed by atoms with Crippen molar-refractivity contribution in [1.29, 1.82) is 0 Å². The number of rotatable bonds is 4. The maximum absolute atomic E-state index is 3.58. The first-order chi connectivity index (χ1) is 19.3. The molecule has 2 aromatic heterocycles. The van der Waals surface area contributed by atoms with E-state index in [4.69, 9.17) is 0 Å². The minimum absolute atomic E-state index is 1.06. The van der Waals surface area contributed by atoms with E-state index in [0.29, 0.717) is 0 Å². The van der Waals surface area contributed by atoms with Gasteiger partial charge in [-0.1, -0.05) is 72.8 Å². The van der Waals surface area contributed by atoms with Crippen LogP contribution in [0, 0.1) is 0 Å². The molecule has 184 valence electrons. The highest BCUT2D eigenvalue weighted by molar-refractivity contribution is 6.10. The zero-order valence-electron chi connectivity index (χ0n) is 21.3. The van der Waals surface area contributed by atoms with E-state index in [1.807, 2.05) is 0 Å². The number of hydrogen-bond acceptors (Lipinski definition) is 1. The van der Waals surface area contributed by atoms with Gasteiger partial charge in [0.15, 0.2) is 0 Å². The van der Waals surface area contributed by atoms with Gasteiger partial charge in [-0.15, -0.1) is 0 Å². The Morgan fingerprint density at radius 3 is 0.897 bits per heavy atom. The first kappa shape index (κ1) is 21.8. The third-order valence-corrected chi connectivity index (χ3v) is 7.70. The third-order valence-electron chi connectivity index (χ3n) is 7.70. The lowest BCUT2D eigenvalue weighted by molar-refractivity contribution is 1.18. The normalized spacial score (nSPS) is 11.6. The van der Waals surface area contributed by atoms with E-state index in [1.165, 1.54) is 43.6 Å². The fourth-order valence-corrected chi connectivity index (χ4v) is 5.96. The van der Waals surface area contributed by atoms with Crippen LogP contribution in [0.4, 0.5) is 11.4 Å². The summed E-state index contributed by atoms with van der Waals surface area (Å²) in [4.78, 5) is 0. The first-order valence-electron chi connectivity index (χ1n) is 13.3. The van der Waals surface area contributed by atoms with Gasteiger partial charge in [0.25, 0.3) is 0 Å². The van der Waals surface area contributed by atoms with Gasteiger partial charge in [0.1, 0.15) is 0 Å². The maximum atomic E-state index is 3.58. The average molecular weight is 500 g/mol. The Kier molecular flexibility index (Phi) is 4.82. The first-order valence-corrected chi connectivity index (χ1v) is 13.3. The molecule has 8 rings (SSSR count). The van der Waals surface area contributed by atoms with Crippen LogP contribution in [0.15, 0.2) is 146 Å². The number of aromatic nitrogens is 2. The summed E-state index contributed by atoms with van der Waals surface area (Å²) in [6, 6.07) is 51.8. The second kappa shape index (κ2) is 8.64. The summed E-state index contributed by atoms with van der Waals surface area (Å²) in [7, 11) is 0. The van der Waals surface area contributed by atoms with Crippen LogP contribution < -0.4 is 5.32 Å².